The molecule has 0 aromatic carbocycles. The van der Waals surface area contributed by atoms with Gasteiger partial charge in [0, 0.05) is 38.1 Å². The first kappa shape index (κ1) is 12.8. The fraction of sp³-hybridized carbons (Fsp3) is 1.00. The van der Waals surface area contributed by atoms with Gasteiger partial charge in [-0.05, 0) is 13.8 Å². The van der Waals surface area contributed by atoms with Crippen molar-refractivity contribution in [2.24, 2.45) is 5.73 Å². The molecule has 0 bridgehead atoms. The van der Waals surface area contributed by atoms with Crippen molar-refractivity contribution in [2.75, 3.05) is 26.2 Å². The van der Waals surface area contributed by atoms with E-state index >= 15 is 0 Å². The summed E-state index contributed by atoms with van der Waals surface area (Å²) < 4.78 is 25.9. The van der Waals surface area contributed by atoms with Gasteiger partial charge in [0.1, 0.15) is 0 Å². The van der Waals surface area contributed by atoms with Crippen molar-refractivity contribution in [1.29, 1.82) is 0 Å². The molecule has 3 nitrogen and oxygen atoms in total. The first-order valence-corrected chi connectivity index (χ1v) is 5.50. The fourth-order valence-electron chi connectivity index (χ4n) is 1.94. The maximum Gasteiger partial charge on any atom is 0.261 e. The standard InChI is InChI=1S/C10H21F2N3/c1-8(2)15(4-3-13)6-9-5-10(11,12)7-14-9/h8-9,14H,3-7,13H2,1-2H3. The summed E-state index contributed by atoms with van der Waals surface area (Å²) in [5.74, 6) is -2.53. The number of nitrogens with zero attached hydrogens (tertiary/aromatic N) is 1. The maximum absolute atomic E-state index is 12.9. The minimum Gasteiger partial charge on any atom is -0.329 e. The van der Waals surface area contributed by atoms with Gasteiger partial charge >= 0.3 is 0 Å². The smallest absolute Gasteiger partial charge is 0.261 e. The molecule has 1 unspecified atom stereocenters. The van der Waals surface area contributed by atoms with Gasteiger partial charge in [0.05, 0.1) is 6.54 Å². The molecule has 15 heavy (non-hydrogen) atoms. The van der Waals surface area contributed by atoms with Gasteiger partial charge < -0.3 is 11.1 Å². The molecule has 0 saturated carbocycles. The third-order valence-electron chi connectivity index (χ3n) is 2.80. The van der Waals surface area contributed by atoms with Gasteiger partial charge in [0.15, 0.2) is 0 Å². The maximum atomic E-state index is 12.9. The summed E-state index contributed by atoms with van der Waals surface area (Å²) in [7, 11) is 0. The van der Waals surface area contributed by atoms with Crippen LogP contribution in [-0.4, -0.2) is 49.1 Å². The highest BCUT2D eigenvalue weighted by molar-refractivity contribution is 4.89. The van der Waals surface area contributed by atoms with Crippen LogP contribution in [0.5, 0.6) is 0 Å². The molecule has 90 valence electrons. The quantitative estimate of drug-likeness (QED) is 0.716. The van der Waals surface area contributed by atoms with Crippen LogP contribution in [0.3, 0.4) is 0 Å². The topological polar surface area (TPSA) is 41.3 Å². The highest BCUT2D eigenvalue weighted by Crippen LogP contribution is 2.25. The second kappa shape index (κ2) is 5.18. The van der Waals surface area contributed by atoms with Crippen molar-refractivity contribution < 1.29 is 8.78 Å². The molecule has 0 spiro atoms. The van der Waals surface area contributed by atoms with E-state index in [0.717, 1.165) is 6.54 Å². The van der Waals surface area contributed by atoms with Crippen LogP contribution in [0, 0.1) is 0 Å². The van der Waals surface area contributed by atoms with E-state index in [1.54, 1.807) is 0 Å². The van der Waals surface area contributed by atoms with E-state index in [-0.39, 0.29) is 19.0 Å². The lowest BCUT2D eigenvalue weighted by molar-refractivity contribution is 0.0196. The van der Waals surface area contributed by atoms with E-state index in [1.807, 2.05) is 0 Å². The molecule has 1 aliphatic rings. The molecule has 0 amide bonds. The Bertz CT molecular complexity index is 197. The van der Waals surface area contributed by atoms with Crippen LogP contribution >= 0.6 is 0 Å². The van der Waals surface area contributed by atoms with Crippen LogP contribution in [-0.2, 0) is 0 Å². The van der Waals surface area contributed by atoms with Crippen LogP contribution in [0.1, 0.15) is 20.3 Å². The van der Waals surface area contributed by atoms with E-state index in [2.05, 4.69) is 24.1 Å². The zero-order chi connectivity index (χ0) is 11.5. The second-order valence-corrected chi connectivity index (χ2v) is 4.52. The van der Waals surface area contributed by atoms with Crippen LogP contribution in [0.15, 0.2) is 0 Å². The van der Waals surface area contributed by atoms with Crippen LogP contribution in [0.2, 0.25) is 0 Å². The highest BCUT2D eigenvalue weighted by atomic mass is 19.3. The molecule has 1 aliphatic heterocycles. The van der Waals surface area contributed by atoms with E-state index in [0.29, 0.717) is 19.1 Å². The predicted molar refractivity (Wildman–Crippen MR) is 57.1 cm³/mol. The van der Waals surface area contributed by atoms with Crippen LogP contribution < -0.4 is 11.1 Å². The number of nitrogens with one attached hydrogen (secondary N) is 1. The Kier molecular flexibility index (Phi) is 4.43. The Balaban J connectivity index is 2.39. The van der Waals surface area contributed by atoms with Crippen molar-refractivity contribution >= 4 is 0 Å². The Morgan fingerprint density at radius 2 is 2.20 bits per heavy atom. The van der Waals surface area contributed by atoms with Crippen LogP contribution in [0.25, 0.3) is 0 Å². The van der Waals surface area contributed by atoms with Gasteiger partial charge in [-0.25, -0.2) is 8.78 Å². The van der Waals surface area contributed by atoms with Crippen molar-refractivity contribution in [3.63, 3.8) is 0 Å². The first-order chi connectivity index (χ1) is 6.94. The minimum atomic E-state index is -2.53. The molecule has 5 heteroatoms. The monoisotopic (exact) mass is 221 g/mol. The van der Waals surface area contributed by atoms with Crippen molar-refractivity contribution in [3.8, 4) is 0 Å². The normalized spacial score (nSPS) is 25.4. The highest BCUT2D eigenvalue weighted by Gasteiger charge is 2.39. The van der Waals surface area contributed by atoms with Gasteiger partial charge in [-0.15, -0.1) is 0 Å². The van der Waals surface area contributed by atoms with Gasteiger partial charge in [0.2, 0.25) is 0 Å². The number of halogens is 2. The molecule has 1 rings (SSSR count). The molecule has 3 N–H and O–H groups in total. The number of hydrogen-bond acceptors (Lipinski definition) is 3. The number of nitrogens with two attached hydrogens (primary N) is 1. The van der Waals surface area contributed by atoms with E-state index in [1.165, 1.54) is 0 Å². The zero-order valence-corrected chi connectivity index (χ0v) is 9.47. The number of alkyl halides is 2. The SMILES string of the molecule is CC(C)N(CCN)CC1CC(F)(F)CN1. The molecule has 1 heterocycles. The molecule has 0 aliphatic carbocycles. The van der Waals surface area contributed by atoms with E-state index in [9.17, 15) is 8.78 Å². The van der Waals surface area contributed by atoms with Gasteiger partial charge in [-0.3, -0.25) is 4.90 Å². The van der Waals surface area contributed by atoms with Gasteiger partial charge in [-0.2, -0.15) is 0 Å². The van der Waals surface area contributed by atoms with Gasteiger partial charge in [0.25, 0.3) is 5.92 Å². The summed E-state index contributed by atoms with van der Waals surface area (Å²) in [4.78, 5) is 2.14. The fourth-order valence-corrected chi connectivity index (χ4v) is 1.94. The average Bonchev–Trinajstić information content (AvgIpc) is 2.44. The average molecular weight is 221 g/mol. The summed E-state index contributed by atoms with van der Waals surface area (Å²) in [6, 6.07) is 0.249. The Morgan fingerprint density at radius 1 is 1.53 bits per heavy atom. The largest absolute Gasteiger partial charge is 0.329 e. The van der Waals surface area contributed by atoms with Crippen LogP contribution in [0.4, 0.5) is 8.78 Å². The summed E-state index contributed by atoms with van der Waals surface area (Å²) in [6.07, 6.45) is -0.0548. The molecular formula is C10H21F2N3. The Hall–Kier alpha value is -0.260. The van der Waals surface area contributed by atoms with Crippen molar-refractivity contribution in [1.82, 2.24) is 10.2 Å². The molecule has 0 aromatic heterocycles. The van der Waals surface area contributed by atoms with E-state index < -0.39 is 5.92 Å². The Morgan fingerprint density at radius 3 is 2.60 bits per heavy atom. The van der Waals surface area contributed by atoms with Crippen molar-refractivity contribution in [3.05, 3.63) is 0 Å². The third kappa shape index (κ3) is 4.01. The first-order valence-electron chi connectivity index (χ1n) is 5.50. The number of hydrogen-bond donors (Lipinski definition) is 2. The molecule has 0 aromatic rings. The third-order valence-corrected chi connectivity index (χ3v) is 2.80. The lowest BCUT2D eigenvalue weighted by Gasteiger charge is -2.28. The molecule has 1 saturated heterocycles. The lowest BCUT2D eigenvalue weighted by Crippen LogP contribution is -2.43. The molecule has 1 atom stereocenters. The summed E-state index contributed by atoms with van der Waals surface area (Å²) in [5, 5.41) is 2.86. The summed E-state index contributed by atoms with van der Waals surface area (Å²) in [5.41, 5.74) is 5.48. The second-order valence-electron chi connectivity index (χ2n) is 4.52. The zero-order valence-electron chi connectivity index (χ0n) is 9.47. The predicted octanol–water partition coefficient (Wildman–Crippen LogP) is 0.653. The minimum absolute atomic E-state index is 0.0548. The van der Waals surface area contributed by atoms with Crippen molar-refractivity contribution in [2.45, 2.75) is 38.3 Å². The van der Waals surface area contributed by atoms with E-state index in [4.69, 9.17) is 5.73 Å². The Labute approximate surface area is 90.0 Å². The molecule has 1 fully saturated rings. The molecule has 0 radical (unpaired) electrons. The summed E-state index contributed by atoms with van der Waals surface area (Å²) >= 11 is 0. The van der Waals surface area contributed by atoms with Gasteiger partial charge in [-0.1, -0.05) is 0 Å². The summed E-state index contributed by atoms with van der Waals surface area (Å²) in [6.45, 7) is 5.92. The number of rotatable bonds is 5. The lowest BCUT2D eigenvalue weighted by atomic mass is 10.1. The molecular weight excluding hydrogens is 200 g/mol.